The van der Waals surface area contributed by atoms with Crippen molar-refractivity contribution in [2.24, 2.45) is 0 Å². The number of Topliss-reactive ketones (excluding diaryl/α,β-unsaturated/α-hetero) is 8. The van der Waals surface area contributed by atoms with Crippen LogP contribution in [0.3, 0.4) is 0 Å². The number of benzene rings is 8. The van der Waals surface area contributed by atoms with Crippen LogP contribution < -0.4 is 0 Å². The van der Waals surface area contributed by atoms with E-state index in [0.717, 1.165) is 158 Å². The summed E-state index contributed by atoms with van der Waals surface area (Å²) >= 11 is 0. The van der Waals surface area contributed by atoms with Crippen molar-refractivity contribution in [1.82, 2.24) is 0 Å². The normalized spacial score (nSPS) is 23.4. The van der Waals surface area contributed by atoms with Crippen molar-refractivity contribution in [2.45, 2.75) is 89.4 Å². The predicted molar refractivity (Wildman–Crippen MR) is 340 cm³/mol. The molecule has 0 spiro atoms. The Morgan fingerprint density at radius 1 is 0.347 bits per heavy atom. The van der Waals surface area contributed by atoms with Crippen LogP contribution in [-0.4, -0.2) is 206 Å². The molecule has 2 aliphatic rings. The second-order valence-electron chi connectivity index (χ2n) is 23.1. The molecule has 8 aromatic rings. The van der Waals surface area contributed by atoms with Crippen molar-refractivity contribution in [3.8, 4) is 0 Å². The van der Waals surface area contributed by atoms with Crippen LogP contribution in [0.25, 0.3) is 0 Å². The van der Waals surface area contributed by atoms with Crippen LogP contribution in [0.5, 0.6) is 0 Å². The van der Waals surface area contributed by atoms with Gasteiger partial charge in [0, 0.05) is 38.9 Å². The molecule has 2 aliphatic heterocycles. The van der Waals surface area contributed by atoms with Gasteiger partial charge in [-0.3, -0.25) is 38.4 Å². The lowest BCUT2D eigenvalue weighted by molar-refractivity contribution is -0.348. The molecule has 8 aromatic carbocycles. The standard InChI is InChI=1S/C74H64O24/c75-41-51-54(77)56(79)58(81)68(95-51)94-42-52-55(78)57(80)59(97-67(89)50-39-23-8-24-40-50)69(96-52)98-71(61(83)45-29-13-3-14-30-45,62(84)46-31-15-4-16-32-46)73(92,64(86)48-35-19-6-20-36-48)74(93,65(87)49-37-21-7-22-38-49)72(91,63(85)47-33-17-5-18-34-47)70(90,60(82)44-27-11-2-12-28-44)66(88)53(76)43-25-9-1-10-26-43/h1-40,51-52,54-59,68-69,75,77-81,90-93H,41-42H2/t51-,52-,54-,55-,56+,57+,58-,59-,68+,69+,70-,72-,73+,74-/m1/s1. The molecule has 0 amide bonds. The number of hydrogen-bond donors (Lipinski definition) is 10. The van der Waals surface area contributed by atoms with Crippen LogP contribution in [0.1, 0.15) is 82.9 Å². The van der Waals surface area contributed by atoms with Crippen LogP contribution >= 0.6 is 0 Å². The van der Waals surface area contributed by atoms with Crippen molar-refractivity contribution < 1.29 is 118 Å². The van der Waals surface area contributed by atoms with E-state index in [4.69, 9.17) is 23.7 Å². The van der Waals surface area contributed by atoms with Gasteiger partial charge >= 0.3 is 5.97 Å². The van der Waals surface area contributed by atoms with Crippen molar-refractivity contribution >= 4 is 52.2 Å². The summed E-state index contributed by atoms with van der Waals surface area (Å²) in [7, 11) is 0. The number of ether oxygens (including phenoxy) is 5. The van der Waals surface area contributed by atoms with Crippen LogP contribution in [0.4, 0.5) is 0 Å². The maximum atomic E-state index is 17.3. The van der Waals surface area contributed by atoms with E-state index < -0.39 is 194 Å². The Labute approximate surface area is 557 Å². The van der Waals surface area contributed by atoms with Gasteiger partial charge in [-0.2, -0.15) is 0 Å². The van der Waals surface area contributed by atoms with Crippen LogP contribution in [-0.2, 0) is 28.5 Å². The smallest absolute Gasteiger partial charge is 0.338 e. The van der Waals surface area contributed by atoms with Crippen LogP contribution in [0.15, 0.2) is 243 Å². The van der Waals surface area contributed by atoms with E-state index in [-0.39, 0.29) is 5.56 Å². The van der Waals surface area contributed by atoms with Gasteiger partial charge in [-0.1, -0.05) is 231 Å². The van der Waals surface area contributed by atoms with E-state index in [1.54, 1.807) is 0 Å². The van der Waals surface area contributed by atoms with Gasteiger partial charge in [0.15, 0.2) is 18.7 Å². The van der Waals surface area contributed by atoms with E-state index >= 15 is 48.6 Å². The number of carbonyl (C=O) groups is 9. The van der Waals surface area contributed by atoms with Crippen LogP contribution in [0.2, 0.25) is 0 Å². The molecule has 0 aromatic heterocycles. The molecule has 0 unspecified atom stereocenters. The van der Waals surface area contributed by atoms with E-state index in [0.29, 0.717) is 0 Å². The molecule has 0 aliphatic carbocycles. The summed E-state index contributed by atoms with van der Waals surface area (Å²) in [5, 5.41) is 127. The molecule has 24 nitrogen and oxygen atoms in total. The molecular formula is C74H64O24. The molecule has 0 bridgehead atoms. The van der Waals surface area contributed by atoms with Gasteiger partial charge in [0.25, 0.3) is 0 Å². The average Bonchev–Trinajstić information content (AvgIpc) is 0.658. The molecule has 2 heterocycles. The summed E-state index contributed by atoms with van der Waals surface area (Å²) in [6.45, 7) is -2.19. The van der Waals surface area contributed by atoms with Crippen molar-refractivity contribution in [1.29, 1.82) is 0 Å². The molecule has 14 atom stereocenters. The number of ketones is 8. The summed E-state index contributed by atoms with van der Waals surface area (Å²) in [6, 6.07) is 44.1. The molecule has 0 radical (unpaired) electrons. The lowest BCUT2D eigenvalue weighted by Gasteiger charge is -2.58. The Kier molecular flexibility index (Phi) is 21.2. The summed E-state index contributed by atoms with van der Waals surface area (Å²) in [5.41, 5.74) is -33.4. The third kappa shape index (κ3) is 12.4. The third-order valence-corrected chi connectivity index (χ3v) is 17.3. The van der Waals surface area contributed by atoms with Crippen LogP contribution in [0, 0.1) is 0 Å². The average molecular weight is 1340 g/mol. The summed E-state index contributed by atoms with van der Waals surface area (Å²) in [4.78, 5) is 148. The number of esters is 1. The number of aliphatic hydroxyl groups is 10. The Balaban J connectivity index is 1.39. The van der Waals surface area contributed by atoms with Crippen molar-refractivity contribution in [3.05, 3.63) is 287 Å². The molecule has 10 rings (SSSR count). The van der Waals surface area contributed by atoms with E-state index in [9.17, 15) is 45.6 Å². The second kappa shape index (κ2) is 29.4. The van der Waals surface area contributed by atoms with Gasteiger partial charge in [-0.05, 0) is 12.1 Å². The lowest BCUT2D eigenvalue weighted by Crippen LogP contribution is -2.91. The van der Waals surface area contributed by atoms with E-state index in [1.165, 1.54) is 84.9 Å². The van der Waals surface area contributed by atoms with Gasteiger partial charge in [0.2, 0.25) is 74.3 Å². The Bertz CT molecular complexity index is 4140. The van der Waals surface area contributed by atoms with E-state index in [1.807, 2.05) is 0 Å². The SMILES string of the molecule is O=C(O[C@H]1[C@H](OC(C(=O)c2ccccc2)(C(=O)c2ccccc2)[C@@](O)(C(=O)c2ccccc2)[C@@](O)(C(=O)c2ccccc2)[C@@](O)(C(=O)c2ccccc2)[C@](O)(C(=O)C(=O)c2ccccc2)C(=O)c2ccccc2)O[C@H](CO[C@H]2O[C@H](CO)[C@@H](O)[C@H](O)[C@H]2O)[C@@H](O)[C@@H]1O)c1ccccc1. The fourth-order valence-corrected chi connectivity index (χ4v) is 12.1. The Hall–Kier alpha value is -9.97. The number of aliphatic hydroxyl groups excluding tert-OH is 6. The molecule has 0 saturated carbocycles. The monoisotopic (exact) mass is 1340 g/mol. The quantitative estimate of drug-likeness (QED) is 0.0153. The zero-order chi connectivity index (χ0) is 70.3. The lowest BCUT2D eigenvalue weighted by atomic mass is 9.49. The van der Waals surface area contributed by atoms with Gasteiger partial charge in [-0.15, -0.1) is 0 Å². The van der Waals surface area contributed by atoms with Gasteiger partial charge < -0.3 is 74.7 Å². The number of hydrogen-bond acceptors (Lipinski definition) is 24. The zero-order valence-corrected chi connectivity index (χ0v) is 51.5. The molecule has 2 saturated heterocycles. The first-order chi connectivity index (χ1) is 46.9. The molecule has 2 fully saturated rings. The summed E-state index contributed by atoms with van der Waals surface area (Å²) in [5.74, 6) is -19.6. The fraction of sp³-hybridized carbons (Fsp3) is 0.230. The van der Waals surface area contributed by atoms with E-state index in [2.05, 4.69) is 0 Å². The topological polar surface area (TPSA) is 402 Å². The minimum atomic E-state index is -5.60. The highest BCUT2D eigenvalue weighted by atomic mass is 16.8. The Morgan fingerprint density at radius 3 is 1.07 bits per heavy atom. The zero-order valence-electron chi connectivity index (χ0n) is 51.5. The predicted octanol–water partition coefficient (Wildman–Crippen LogP) is 2.90. The van der Waals surface area contributed by atoms with Crippen molar-refractivity contribution in [3.63, 3.8) is 0 Å². The third-order valence-electron chi connectivity index (χ3n) is 17.3. The highest BCUT2D eigenvalue weighted by molar-refractivity contribution is 6.52. The first-order valence-corrected chi connectivity index (χ1v) is 30.5. The van der Waals surface area contributed by atoms with Crippen molar-refractivity contribution in [2.75, 3.05) is 13.2 Å². The van der Waals surface area contributed by atoms with Gasteiger partial charge in [-0.25, -0.2) is 4.79 Å². The minimum Gasteiger partial charge on any atom is -0.450 e. The molecule has 10 N–H and O–H groups in total. The largest absolute Gasteiger partial charge is 0.450 e. The van der Waals surface area contributed by atoms with Gasteiger partial charge in [0.05, 0.1) is 18.8 Å². The number of carbonyl (C=O) groups excluding carboxylic acids is 9. The first-order valence-electron chi connectivity index (χ1n) is 30.5. The maximum absolute atomic E-state index is 17.3. The highest BCUT2D eigenvalue weighted by Crippen LogP contribution is 2.55. The first kappa shape index (κ1) is 70.8. The second-order valence-corrected chi connectivity index (χ2v) is 23.1. The highest BCUT2D eigenvalue weighted by Gasteiger charge is 2.88. The Morgan fingerprint density at radius 2 is 0.673 bits per heavy atom. The summed E-state index contributed by atoms with van der Waals surface area (Å²) < 4.78 is 30.3. The maximum Gasteiger partial charge on any atom is 0.338 e. The summed E-state index contributed by atoms with van der Waals surface area (Å²) in [6.07, 6.45) is -23.2. The molecule has 98 heavy (non-hydrogen) atoms. The fourth-order valence-electron chi connectivity index (χ4n) is 12.1. The molecular weight excluding hydrogens is 1270 g/mol. The minimum absolute atomic E-state index is 0.326. The molecule has 24 heteroatoms. The van der Waals surface area contributed by atoms with Gasteiger partial charge in [0.1, 0.15) is 42.7 Å². The number of rotatable bonds is 27. The molecule has 504 valence electrons.